The molecule has 0 amide bonds. The molecule has 0 aliphatic rings. The monoisotopic (exact) mass is 305 g/mol. The molecule has 3 nitrogen and oxygen atoms in total. The highest BCUT2D eigenvalue weighted by atomic mass is 19.1. The zero-order chi connectivity index (χ0) is 15.8. The highest BCUT2D eigenvalue weighted by Gasteiger charge is 2.10. The zero-order valence-electron chi connectivity index (χ0n) is 12.0. The van der Waals surface area contributed by atoms with Crippen molar-refractivity contribution in [2.24, 2.45) is 0 Å². The van der Waals surface area contributed by atoms with Gasteiger partial charge in [0.25, 0.3) is 0 Å². The zero-order valence-corrected chi connectivity index (χ0v) is 12.0. The van der Waals surface area contributed by atoms with Crippen LogP contribution in [0.1, 0.15) is 0 Å². The number of benzene rings is 3. The summed E-state index contributed by atoms with van der Waals surface area (Å²) in [5, 5.41) is 9.37. The molecule has 1 heterocycles. The molecule has 1 N–H and O–H groups in total. The molecule has 4 rings (SSSR count). The van der Waals surface area contributed by atoms with Gasteiger partial charge in [-0.2, -0.15) is 0 Å². The summed E-state index contributed by atoms with van der Waals surface area (Å²) < 4.78 is 19.1. The van der Waals surface area contributed by atoms with E-state index in [2.05, 4.69) is 4.98 Å². The second-order valence-corrected chi connectivity index (χ2v) is 5.26. The van der Waals surface area contributed by atoms with E-state index in [0.717, 1.165) is 11.1 Å². The average molecular weight is 305 g/mol. The number of hydrogen-bond acceptors (Lipinski definition) is 3. The summed E-state index contributed by atoms with van der Waals surface area (Å²) in [6.45, 7) is 0. The molecule has 4 heteroatoms. The SMILES string of the molecule is Oc1ccc(-c2ccc3nc(-c4cccc(F)c4)oc3c2)cc1. The Morgan fingerprint density at radius 2 is 1.61 bits per heavy atom. The first-order valence-corrected chi connectivity index (χ1v) is 7.15. The predicted molar refractivity (Wildman–Crippen MR) is 86.5 cm³/mol. The molecule has 112 valence electrons. The van der Waals surface area contributed by atoms with Crippen LogP contribution < -0.4 is 0 Å². The number of aromatic nitrogens is 1. The van der Waals surface area contributed by atoms with Crippen molar-refractivity contribution in [1.82, 2.24) is 4.98 Å². The van der Waals surface area contributed by atoms with Crippen molar-refractivity contribution in [2.75, 3.05) is 0 Å². The van der Waals surface area contributed by atoms with Gasteiger partial charge in [0.15, 0.2) is 5.58 Å². The minimum Gasteiger partial charge on any atom is -0.508 e. The van der Waals surface area contributed by atoms with Crippen molar-refractivity contribution < 1.29 is 13.9 Å². The van der Waals surface area contributed by atoms with E-state index in [1.165, 1.54) is 12.1 Å². The van der Waals surface area contributed by atoms with Crippen molar-refractivity contribution in [1.29, 1.82) is 0 Å². The van der Waals surface area contributed by atoms with Gasteiger partial charge in [-0.15, -0.1) is 0 Å². The third-order valence-corrected chi connectivity index (χ3v) is 3.66. The topological polar surface area (TPSA) is 46.3 Å². The molecule has 3 aromatic carbocycles. The number of phenolic OH excluding ortho intramolecular Hbond substituents is 1. The number of oxazole rings is 1. The lowest BCUT2D eigenvalue weighted by Crippen LogP contribution is -1.79. The molecule has 0 aliphatic carbocycles. The standard InChI is InChI=1S/C19H12FNO2/c20-15-3-1-2-14(10-15)19-21-17-9-6-13(11-18(17)23-19)12-4-7-16(22)8-5-12/h1-11,22H. The van der Waals surface area contributed by atoms with Crippen LogP contribution in [0.15, 0.2) is 71.1 Å². The average Bonchev–Trinajstić information content (AvgIpc) is 2.99. The number of rotatable bonds is 2. The first-order chi connectivity index (χ1) is 11.2. The number of halogens is 1. The van der Waals surface area contributed by atoms with Gasteiger partial charge in [-0.05, 0) is 53.6 Å². The predicted octanol–water partition coefficient (Wildman–Crippen LogP) is 5.01. The fourth-order valence-electron chi connectivity index (χ4n) is 2.50. The summed E-state index contributed by atoms with van der Waals surface area (Å²) in [4.78, 5) is 4.40. The molecule has 0 atom stereocenters. The van der Waals surface area contributed by atoms with Gasteiger partial charge >= 0.3 is 0 Å². The van der Waals surface area contributed by atoms with E-state index in [9.17, 15) is 9.50 Å². The van der Waals surface area contributed by atoms with Gasteiger partial charge in [0.1, 0.15) is 17.1 Å². The Morgan fingerprint density at radius 3 is 2.39 bits per heavy atom. The Morgan fingerprint density at radius 1 is 0.826 bits per heavy atom. The minimum absolute atomic E-state index is 0.225. The molecule has 0 spiro atoms. The second-order valence-electron chi connectivity index (χ2n) is 5.26. The summed E-state index contributed by atoms with van der Waals surface area (Å²) in [6.07, 6.45) is 0. The van der Waals surface area contributed by atoms with Crippen LogP contribution >= 0.6 is 0 Å². The van der Waals surface area contributed by atoms with Crippen molar-refractivity contribution in [3.63, 3.8) is 0 Å². The molecule has 0 saturated heterocycles. The summed E-state index contributed by atoms with van der Waals surface area (Å²) in [6, 6.07) is 18.8. The van der Waals surface area contributed by atoms with E-state index in [0.29, 0.717) is 22.6 Å². The van der Waals surface area contributed by atoms with Crippen LogP contribution in [-0.4, -0.2) is 10.1 Å². The Labute approximate surface area is 131 Å². The molecule has 0 aliphatic heterocycles. The summed E-state index contributed by atoms with van der Waals surface area (Å²) >= 11 is 0. The van der Waals surface area contributed by atoms with Crippen molar-refractivity contribution in [3.8, 4) is 28.3 Å². The van der Waals surface area contributed by atoms with Crippen molar-refractivity contribution in [3.05, 3.63) is 72.5 Å². The van der Waals surface area contributed by atoms with Gasteiger partial charge in [-0.25, -0.2) is 9.37 Å². The van der Waals surface area contributed by atoms with Gasteiger partial charge < -0.3 is 9.52 Å². The van der Waals surface area contributed by atoms with E-state index >= 15 is 0 Å². The largest absolute Gasteiger partial charge is 0.508 e. The lowest BCUT2D eigenvalue weighted by atomic mass is 10.1. The molecular formula is C19H12FNO2. The molecule has 0 fully saturated rings. The molecular weight excluding hydrogens is 293 g/mol. The Bertz CT molecular complexity index is 990. The summed E-state index contributed by atoms with van der Waals surface area (Å²) in [5.41, 5.74) is 3.88. The fourth-order valence-corrected chi connectivity index (χ4v) is 2.50. The fraction of sp³-hybridized carbons (Fsp3) is 0. The molecule has 23 heavy (non-hydrogen) atoms. The van der Waals surface area contributed by atoms with E-state index < -0.39 is 0 Å². The van der Waals surface area contributed by atoms with Gasteiger partial charge in [-0.3, -0.25) is 0 Å². The first-order valence-electron chi connectivity index (χ1n) is 7.15. The van der Waals surface area contributed by atoms with Gasteiger partial charge in [0, 0.05) is 5.56 Å². The molecule has 1 aromatic heterocycles. The van der Waals surface area contributed by atoms with Crippen molar-refractivity contribution in [2.45, 2.75) is 0 Å². The van der Waals surface area contributed by atoms with Crippen LogP contribution in [0, 0.1) is 5.82 Å². The summed E-state index contributed by atoms with van der Waals surface area (Å²) in [7, 11) is 0. The van der Waals surface area contributed by atoms with Crippen LogP contribution in [0.3, 0.4) is 0 Å². The van der Waals surface area contributed by atoms with Gasteiger partial charge in [0.2, 0.25) is 5.89 Å². The molecule has 0 unspecified atom stereocenters. The normalized spacial score (nSPS) is 11.0. The first kappa shape index (κ1) is 13.5. The summed E-state index contributed by atoms with van der Waals surface area (Å²) in [5.74, 6) is 0.291. The molecule has 0 saturated carbocycles. The lowest BCUT2D eigenvalue weighted by molar-refractivity contribution is 0.475. The van der Waals surface area contributed by atoms with E-state index in [-0.39, 0.29) is 11.6 Å². The number of nitrogens with zero attached hydrogens (tertiary/aromatic N) is 1. The Balaban J connectivity index is 1.79. The molecule has 0 radical (unpaired) electrons. The van der Waals surface area contributed by atoms with Crippen LogP contribution in [0.25, 0.3) is 33.7 Å². The molecule has 4 aromatic rings. The lowest BCUT2D eigenvalue weighted by Gasteiger charge is -2.01. The van der Waals surface area contributed by atoms with E-state index in [1.54, 1.807) is 24.3 Å². The quantitative estimate of drug-likeness (QED) is 0.566. The third kappa shape index (κ3) is 2.55. The number of hydrogen-bond donors (Lipinski definition) is 1. The minimum atomic E-state index is -0.325. The number of phenols is 1. The maximum Gasteiger partial charge on any atom is 0.227 e. The second kappa shape index (κ2) is 5.25. The van der Waals surface area contributed by atoms with Gasteiger partial charge in [0.05, 0.1) is 0 Å². The van der Waals surface area contributed by atoms with Gasteiger partial charge in [-0.1, -0.05) is 24.3 Å². The van der Waals surface area contributed by atoms with Crippen LogP contribution in [-0.2, 0) is 0 Å². The highest BCUT2D eigenvalue weighted by molar-refractivity contribution is 5.82. The highest BCUT2D eigenvalue weighted by Crippen LogP contribution is 2.29. The van der Waals surface area contributed by atoms with Crippen molar-refractivity contribution >= 4 is 11.1 Å². The maximum atomic E-state index is 13.3. The van der Waals surface area contributed by atoms with E-state index in [1.807, 2.05) is 30.3 Å². The smallest absolute Gasteiger partial charge is 0.227 e. The Hall–Kier alpha value is -3.14. The van der Waals surface area contributed by atoms with Crippen LogP contribution in [0.5, 0.6) is 5.75 Å². The molecule has 0 bridgehead atoms. The van der Waals surface area contributed by atoms with E-state index in [4.69, 9.17) is 4.42 Å². The van der Waals surface area contributed by atoms with Crippen LogP contribution in [0.4, 0.5) is 4.39 Å². The number of aromatic hydroxyl groups is 1. The maximum absolute atomic E-state index is 13.3. The van der Waals surface area contributed by atoms with Crippen LogP contribution in [0.2, 0.25) is 0 Å². The third-order valence-electron chi connectivity index (χ3n) is 3.66. The number of fused-ring (bicyclic) bond motifs is 1. The Kier molecular flexibility index (Phi) is 3.08.